The molecule has 0 unspecified atom stereocenters. The van der Waals surface area contributed by atoms with Crippen LogP contribution in [-0.2, 0) is 5.41 Å². The van der Waals surface area contributed by atoms with Gasteiger partial charge in [0.05, 0.1) is 11.5 Å². The average Bonchev–Trinajstić information content (AvgIpc) is 2.69. The van der Waals surface area contributed by atoms with Gasteiger partial charge in [-0.15, -0.1) is 0 Å². The van der Waals surface area contributed by atoms with Crippen molar-refractivity contribution in [1.82, 2.24) is 5.32 Å². The van der Waals surface area contributed by atoms with E-state index >= 15 is 0 Å². The van der Waals surface area contributed by atoms with Gasteiger partial charge in [0.25, 0.3) is 0 Å². The molecule has 66 valence electrons. The third kappa shape index (κ3) is 1.32. The van der Waals surface area contributed by atoms with Crippen LogP contribution in [0, 0.1) is 11.3 Å². The number of rotatable bonds is 1. The lowest BCUT2D eigenvalue weighted by molar-refractivity contribution is 0.610. The number of hydrogen-bond donors (Lipinski definition) is 1. The highest BCUT2D eigenvalue weighted by Crippen LogP contribution is 2.29. The van der Waals surface area contributed by atoms with E-state index in [1.165, 1.54) is 0 Å². The molecule has 1 heterocycles. The normalized spacial score (nSPS) is 27.0. The van der Waals surface area contributed by atoms with Crippen molar-refractivity contribution in [1.29, 1.82) is 5.26 Å². The Kier molecular flexibility index (Phi) is 2.03. The summed E-state index contributed by atoms with van der Waals surface area (Å²) in [4.78, 5) is 0. The van der Waals surface area contributed by atoms with Crippen molar-refractivity contribution in [3.05, 3.63) is 35.9 Å². The molecule has 13 heavy (non-hydrogen) atoms. The number of nitrogens with zero attached hydrogens (tertiary/aromatic N) is 1. The van der Waals surface area contributed by atoms with Crippen LogP contribution in [0.25, 0.3) is 0 Å². The van der Waals surface area contributed by atoms with Gasteiger partial charge in [0.1, 0.15) is 0 Å². The monoisotopic (exact) mass is 172 g/mol. The molecule has 0 aromatic heterocycles. The van der Waals surface area contributed by atoms with Gasteiger partial charge in [0, 0.05) is 6.54 Å². The van der Waals surface area contributed by atoms with Crippen molar-refractivity contribution >= 4 is 0 Å². The zero-order valence-corrected chi connectivity index (χ0v) is 7.46. The molecule has 1 atom stereocenters. The van der Waals surface area contributed by atoms with Gasteiger partial charge in [-0.05, 0) is 18.5 Å². The van der Waals surface area contributed by atoms with Crippen LogP contribution in [0.3, 0.4) is 0 Å². The van der Waals surface area contributed by atoms with E-state index in [1.54, 1.807) is 0 Å². The zero-order valence-electron chi connectivity index (χ0n) is 7.46. The lowest BCUT2D eigenvalue weighted by atomic mass is 9.81. The van der Waals surface area contributed by atoms with Crippen LogP contribution < -0.4 is 5.32 Å². The van der Waals surface area contributed by atoms with Gasteiger partial charge in [0.2, 0.25) is 0 Å². The maximum atomic E-state index is 9.18. The fourth-order valence-corrected chi connectivity index (χ4v) is 1.86. The van der Waals surface area contributed by atoms with Crippen molar-refractivity contribution in [3.8, 4) is 6.07 Å². The van der Waals surface area contributed by atoms with Crippen LogP contribution in [0.15, 0.2) is 30.3 Å². The third-order valence-corrected chi connectivity index (χ3v) is 2.70. The molecule has 1 fully saturated rings. The van der Waals surface area contributed by atoms with Crippen LogP contribution in [0.1, 0.15) is 12.0 Å². The van der Waals surface area contributed by atoms with Crippen molar-refractivity contribution in [2.45, 2.75) is 11.8 Å². The van der Waals surface area contributed by atoms with Crippen LogP contribution >= 0.6 is 0 Å². The molecule has 1 N–H and O–H groups in total. The number of nitriles is 1. The number of nitrogens with one attached hydrogen (secondary N) is 1. The molecule has 1 saturated heterocycles. The molecule has 1 aliphatic rings. The second kappa shape index (κ2) is 3.20. The van der Waals surface area contributed by atoms with Crippen LogP contribution in [-0.4, -0.2) is 13.1 Å². The predicted molar refractivity (Wildman–Crippen MR) is 51.2 cm³/mol. The maximum Gasteiger partial charge on any atom is 0.0958 e. The van der Waals surface area contributed by atoms with E-state index in [4.69, 9.17) is 0 Å². The van der Waals surface area contributed by atoms with E-state index in [1.807, 2.05) is 30.3 Å². The van der Waals surface area contributed by atoms with Gasteiger partial charge in [-0.3, -0.25) is 0 Å². The molecule has 0 aliphatic carbocycles. The summed E-state index contributed by atoms with van der Waals surface area (Å²) in [6, 6.07) is 12.5. The van der Waals surface area contributed by atoms with E-state index < -0.39 is 0 Å². The summed E-state index contributed by atoms with van der Waals surface area (Å²) in [6.45, 7) is 1.73. The van der Waals surface area contributed by atoms with E-state index in [9.17, 15) is 5.26 Å². The number of hydrogen-bond acceptors (Lipinski definition) is 2. The molecule has 0 spiro atoms. The minimum Gasteiger partial charge on any atom is -0.315 e. The summed E-state index contributed by atoms with van der Waals surface area (Å²) < 4.78 is 0. The molecule has 1 aromatic rings. The molecule has 2 heteroatoms. The smallest absolute Gasteiger partial charge is 0.0958 e. The summed E-state index contributed by atoms with van der Waals surface area (Å²) in [6.07, 6.45) is 0.924. The summed E-state index contributed by atoms with van der Waals surface area (Å²) in [5.74, 6) is 0. The minimum absolute atomic E-state index is 0.277. The topological polar surface area (TPSA) is 35.8 Å². The Morgan fingerprint density at radius 1 is 1.31 bits per heavy atom. The molecule has 0 saturated carbocycles. The lowest BCUT2D eigenvalue weighted by Crippen LogP contribution is -2.26. The van der Waals surface area contributed by atoms with E-state index in [0.717, 1.165) is 25.1 Å². The molecule has 0 bridgehead atoms. The summed E-state index contributed by atoms with van der Waals surface area (Å²) in [5.41, 5.74) is 0.865. The fourth-order valence-electron chi connectivity index (χ4n) is 1.86. The van der Waals surface area contributed by atoms with Gasteiger partial charge in [-0.1, -0.05) is 30.3 Å². The first-order chi connectivity index (χ1) is 6.37. The van der Waals surface area contributed by atoms with Gasteiger partial charge in [0.15, 0.2) is 0 Å². The molecular formula is C11H12N2. The molecule has 2 rings (SSSR count). The quantitative estimate of drug-likeness (QED) is 0.695. The fraction of sp³-hybridized carbons (Fsp3) is 0.364. The van der Waals surface area contributed by atoms with Crippen LogP contribution in [0.2, 0.25) is 0 Å². The molecule has 1 aromatic carbocycles. The third-order valence-electron chi connectivity index (χ3n) is 2.70. The van der Waals surface area contributed by atoms with Gasteiger partial charge < -0.3 is 5.32 Å². The second-order valence-electron chi connectivity index (χ2n) is 3.49. The van der Waals surface area contributed by atoms with Crippen molar-refractivity contribution < 1.29 is 0 Å². The minimum atomic E-state index is -0.277. The second-order valence-corrected chi connectivity index (χ2v) is 3.49. The van der Waals surface area contributed by atoms with Crippen molar-refractivity contribution in [3.63, 3.8) is 0 Å². The van der Waals surface area contributed by atoms with Crippen molar-refractivity contribution in [2.75, 3.05) is 13.1 Å². The Balaban J connectivity index is 2.38. The molecule has 0 amide bonds. The highest BCUT2D eigenvalue weighted by Gasteiger charge is 2.35. The molecule has 0 radical (unpaired) electrons. The van der Waals surface area contributed by atoms with Crippen LogP contribution in [0.4, 0.5) is 0 Å². The molecule has 1 aliphatic heterocycles. The van der Waals surface area contributed by atoms with Crippen LogP contribution in [0.5, 0.6) is 0 Å². The highest BCUT2D eigenvalue weighted by atomic mass is 14.9. The highest BCUT2D eigenvalue weighted by molar-refractivity contribution is 5.34. The summed E-state index contributed by atoms with van der Waals surface area (Å²) in [7, 11) is 0. The Bertz CT molecular complexity index is 318. The maximum absolute atomic E-state index is 9.18. The van der Waals surface area contributed by atoms with Gasteiger partial charge >= 0.3 is 0 Å². The number of benzene rings is 1. The molecular weight excluding hydrogens is 160 g/mol. The Hall–Kier alpha value is -1.33. The Morgan fingerprint density at radius 3 is 2.62 bits per heavy atom. The zero-order chi connectivity index (χ0) is 9.15. The Labute approximate surface area is 78.2 Å². The summed E-state index contributed by atoms with van der Waals surface area (Å²) in [5, 5.41) is 12.4. The Morgan fingerprint density at radius 2 is 2.08 bits per heavy atom. The van der Waals surface area contributed by atoms with E-state index in [2.05, 4.69) is 11.4 Å². The van der Waals surface area contributed by atoms with Gasteiger partial charge in [-0.25, -0.2) is 0 Å². The largest absolute Gasteiger partial charge is 0.315 e. The first kappa shape index (κ1) is 8.28. The van der Waals surface area contributed by atoms with Gasteiger partial charge in [-0.2, -0.15) is 5.26 Å². The molecule has 2 nitrogen and oxygen atoms in total. The summed E-state index contributed by atoms with van der Waals surface area (Å²) >= 11 is 0. The lowest BCUT2D eigenvalue weighted by Gasteiger charge is -2.19. The SMILES string of the molecule is N#C[C@@]1(c2ccccc2)CCNC1. The predicted octanol–water partition coefficient (Wildman–Crippen LogP) is 1.44. The van der Waals surface area contributed by atoms with E-state index in [-0.39, 0.29) is 5.41 Å². The van der Waals surface area contributed by atoms with Crippen molar-refractivity contribution in [2.24, 2.45) is 0 Å². The average molecular weight is 172 g/mol. The first-order valence-corrected chi connectivity index (χ1v) is 4.55. The first-order valence-electron chi connectivity index (χ1n) is 4.55. The van der Waals surface area contributed by atoms with E-state index in [0.29, 0.717) is 0 Å². The standard InChI is InChI=1S/C11H12N2/c12-8-11(6-7-13-9-11)10-4-2-1-3-5-10/h1-5,13H,6-7,9H2/t11-/m0/s1.